The minimum Gasteiger partial charge on any atom is -0.345 e. The zero-order valence-electron chi connectivity index (χ0n) is 16.0. The van der Waals surface area contributed by atoms with Crippen molar-refractivity contribution in [3.63, 3.8) is 0 Å². The number of rotatable bonds is 9. The van der Waals surface area contributed by atoms with Crippen molar-refractivity contribution < 1.29 is 14.4 Å². The highest BCUT2D eigenvalue weighted by molar-refractivity contribution is 6.38. The summed E-state index contributed by atoms with van der Waals surface area (Å²) in [5.41, 5.74) is 2.27. The Morgan fingerprint density at radius 3 is 2.24 bits per heavy atom. The van der Waals surface area contributed by atoms with Crippen LogP contribution in [0, 0.1) is 17.8 Å². The maximum absolute atomic E-state index is 12.4. The summed E-state index contributed by atoms with van der Waals surface area (Å²) in [6, 6.07) is -0.783. The maximum Gasteiger partial charge on any atom is 0.309 e. The summed E-state index contributed by atoms with van der Waals surface area (Å²) in [4.78, 5) is 36.9. The minimum absolute atomic E-state index is 0.0386. The van der Waals surface area contributed by atoms with E-state index in [2.05, 4.69) is 15.8 Å². The maximum atomic E-state index is 12.4. The van der Waals surface area contributed by atoms with Crippen LogP contribution in [0.2, 0.25) is 0 Å². The molecule has 142 valence electrons. The van der Waals surface area contributed by atoms with Crippen molar-refractivity contribution in [3.8, 4) is 0 Å². The normalized spacial score (nSPS) is 17.0. The topological polar surface area (TPSA) is 87.6 Å². The molecule has 0 radical (unpaired) electrons. The van der Waals surface area contributed by atoms with E-state index in [9.17, 15) is 14.4 Å². The van der Waals surface area contributed by atoms with Crippen LogP contribution in [0.4, 0.5) is 0 Å². The van der Waals surface area contributed by atoms with Gasteiger partial charge >= 0.3 is 5.91 Å². The van der Waals surface area contributed by atoms with E-state index in [1.807, 2.05) is 27.7 Å². The van der Waals surface area contributed by atoms with Crippen molar-refractivity contribution in [3.05, 3.63) is 0 Å². The van der Waals surface area contributed by atoms with Crippen LogP contribution < -0.4 is 10.7 Å². The molecule has 1 rings (SSSR count). The number of carbonyl (C=O) groups is 3. The van der Waals surface area contributed by atoms with Gasteiger partial charge in [-0.05, 0) is 37.5 Å². The summed E-state index contributed by atoms with van der Waals surface area (Å²) >= 11 is 0. The Labute approximate surface area is 151 Å². The van der Waals surface area contributed by atoms with Crippen LogP contribution >= 0.6 is 0 Å². The van der Waals surface area contributed by atoms with E-state index in [0.717, 1.165) is 38.5 Å². The largest absolute Gasteiger partial charge is 0.345 e. The Kier molecular flexibility index (Phi) is 9.39. The molecular weight excluding hydrogens is 318 g/mol. The summed E-state index contributed by atoms with van der Waals surface area (Å²) in [6.07, 6.45) is 7.74. The lowest BCUT2D eigenvalue weighted by Gasteiger charge is -2.24. The number of ketones is 1. The van der Waals surface area contributed by atoms with Gasteiger partial charge in [0.05, 0.1) is 6.04 Å². The highest BCUT2D eigenvalue weighted by Gasteiger charge is 2.30. The van der Waals surface area contributed by atoms with Crippen molar-refractivity contribution >= 4 is 23.8 Å². The molecular formula is C19H33N3O3. The Morgan fingerprint density at radius 2 is 1.68 bits per heavy atom. The first kappa shape index (κ1) is 21.3. The fourth-order valence-electron chi connectivity index (χ4n) is 2.94. The van der Waals surface area contributed by atoms with Crippen LogP contribution in [0.1, 0.15) is 72.6 Å². The first-order chi connectivity index (χ1) is 11.8. The molecule has 0 unspecified atom stereocenters. The molecule has 1 atom stereocenters. The number of hydrogen-bond acceptors (Lipinski definition) is 4. The molecule has 2 amide bonds. The molecule has 2 N–H and O–H groups in total. The summed E-state index contributed by atoms with van der Waals surface area (Å²) in [5, 5.41) is 6.61. The summed E-state index contributed by atoms with van der Waals surface area (Å²) < 4.78 is 0. The second kappa shape index (κ2) is 11.0. The average molecular weight is 351 g/mol. The molecule has 0 aliphatic heterocycles. The number of nitrogens with one attached hydrogen (secondary N) is 2. The molecule has 0 saturated heterocycles. The molecule has 6 heteroatoms. The lowest BCUT2D eigenvalue weighted by molar-refractivity contribution is -0.140. The summed E-state index contributed by atoms with van der Waals surface area (Å²) in [5.74, 6) is -0.912. The van der Waals surface area contributed by atoms with Crippen molar-refractivity contribution in [2.24, 2.45) is 22.9 Å². The van der Waals surface area contributed by atoms with Crippen LogP contribution in [-0.2, 0) is 14.4 Å². The number of nitrogens with zero attached hydrogens (tertiary/aromatic N) is 1. The highest BCUT2D eigenvalue weighted by Crippen LogP contribution is 2.24. The van der Waals surface area contributed by atoms with Gasteiger partial charge in [-0.3, -0.25) is 14.4 Å². The first-order valence-corrected chi connectivity index (χ1v) is 9.47. The zero-order valence-corrected chi connectivity index (χ0v) is 16.0. The van der Waals surface area contributed by atoms with E-state index in [-0.39, 0.29) is 17.7 Å². The van der Waals surface area contributed by atoms with Crippen LogP contribution in [-0.4, -0.2) is 29.9 Å². The van der Waals surface area contributed by atoms with Crippen molar-refractivity contribution in [1.82, 2.24) is 10.7 Å². The Hall–Kier alpha value is -1.72. The van der Waals surface area contributed by atoms with E-state index in [0.29, 0.717) is 12.3 Å². The smallest absolute Gasteiger partial charge is 0.309 e. The van der Waals surface area contributed by atoms with E-state index in [1.54, 1.807) is 6.21 Å². The number of hydrogen-bond donors (Lipinski definition) is 2. The van der Waals surface area contributed by atoms with Gasteiger partial charge < -0.3 is 5.32 Å². The second-order valence-corrected chi connectivity index (χ2v) is 7.77. The first-order valence-electron chi connectivity index (χ1n) is 9.47. The molecule has 0 bridgehead atoms. The molecule has 0 heterocycles. The molecule has 0 aromatic carbocycles. The van der Waals surface area contributed by atoms with E-state index >= 15 is 0 Å². The third kappa shape index (κ3) is 8.27. The van der Waals surface area contributed by atoms with Crippen LogP contribution in [0.25, 0.3) is 0 Å². The van der Waals surface area contributed by atoms with Crippen molar-refractivity contribution in [1.29, 1.82) is 0 Å². The van der Waals surface area contributed by atoms with Gasteiger partial charge in [0.25, 0.3) is 0 Å². The molecule has 0 aromatic rings. The predicted molar refractivity (Wildman–Crippen MR) is 99.1 cm³/mol. The number of hydrazone groups is 1. The number of carbonyl (C=O) groups excluding carboxylic acids is 3. The van der Waals surface area contributed by atoms with Crippen LogP contribution in [0.5, 0.6) is 0 Å². The molecule has 25 heavy (non-hydrogen) atoms. The quantitative estimate of drug-likeness (QED) is 0.380. The van der Waals surface area contributed by atoms with Crippen molar-refractivity contribution in [2.75, 3.05) is 0 Å². The van der Waals surface area contributed by atoms with Gasteiger partial charge in [0.1, 0.15) is 0 Å². The molecule has 1 aliphatic carbocycles. The highest BCUT2D eigenvalue weighted by atomic mass is 16.2. The predicted octanol–water partition coefficient (Wildman–Crippen LogP) is 2.81. The third-order valence-electron chi connectivity index (χ3n) is 4.37. The van der Waals surface area contributed by atoms with Crippen molar-refractivity contribution in [2.45, 2.75) is 78.7 Å². The second-order valence-electron chi connectivity index (χ2n) is 7.77. The molecule has 6 nitrogen and oxygen atoms in total. The number of amides is 2. The van der Waals surface area contributed by atoms with E-state index in [4.69, 9.17) is 0 Å². The third-order valence-corrected chi connectivity index (χ3v) is 4.37. The monoisotopic (exact) mass is 351 g/mol. The van der Waals surface area contributed by atoms with Gasteiger partial charge in [-0.2, -0.15) is 5.10 Å². The molecule has 1 saturated carbocycles. The van der Waals surface area contributed by atoms with Gasteiger partial charge in [0.2, 0.25) is 11.7 Å². The van der Waals surface area contributed by atoms with Gasteiger partial charge in [-0.15, -0.1) is 0 Å². The Balaban J connectivity index is 2.62. The van der Waals surface area contributed by atoms with Crippen LogP contribution in [0.3, 0.4) is 0 Å². The van der Waals surface area contributed by atoms with Gasteiger partial charge in [-0.1, -0.05) is 47.0 Å². The van der Waals surface area contributed by atoms with Gasteiger partial charge in [0, 0.05) is 12.1 Å². The molecule has 1 aliphatic rings. The lowest BCUT2D eigenvalue weighted by Crippen LogP contribution is -2.49. The van der Waals surface area contributed by atoms with E-state index in [1.165, 1.54) is 0 Å². The SMILES string of the molecule is CC(C)CC=NNC(=O)C(=O)[C@H](CC(C)C)NC(=O)C1CCCCC1. The summed E-state index contributed by atoms with van der Waals surface area (Å²) in [7, 11) is 0. The fraction of sp³-hybridized carbons (Fsp3) is 0.789. The Morgan fingerprint density at radius 1 is 1.04 bits per heavy atom. The Bertz CT molecular complexity index is 480. The van der Waals surface area contributed by atoms with Crippen LogP contribution in [0.15, 0.2) is 5.10 Å². The average Bonchev–Trinajstić information content (AvgIpc) is 2.57. The molecule has 1 fully saturated rings. The molecule has 0 aromatic heterocycles. The molecule has 0 spiro atoms. The van der Waals surface area contributed by atoms with Gasteiger partial charge in [-0.25, -0.2) is 5.43 Å². The fourth-order valence-corrected chi connectivity index (χ4v) is 2.94. The number of Topliss-reactive ketones (excluding diaryl/α,β-unsaturated/α-hetero) is 1. The lowest BCUT2D eigenvalue weighted by atomic mass is 9.88. The van der Waals surface area contributed by atoms with E-state index < -0.39 is 17.7 Å². The minimum atomic E-state index is -0.783. The zero-order chi connectivity index (χ0) is 18.8. The standard InChI is InChI=1S/C19H33N3O3/c1-13(2)10-11-20-22-19(25)17(23)16(12-14(3)4)21-18(24)15-8-6-5-7-9-15/h11,13-16H,5-10,12H2,1-4H3,(H,21,24)(H,22,25)/t16-/m0/s1. The van der Waals surface area contributed by atoms with Gasteiger partial charge in [0.15, 0.2) is 0 Å². The summed E-state index contributed by atoms with van der Waals surface area (Å²) in [6.45, 7) is 8.01.